The van der Waals surface area contributed by atoms with Gasteiger partial charge in [-0.1, -0.05) is 0 Å². The van der Waals surface area contributed by atoms with Gasteiger partial charge in [0, 0.05) is 19.0 Å². The average molecular weight is 280 g/mol. The Hall–Kier alpha value is -0.950. The number of nitrogens with zero attached hydrogens (tertiary/aromatic N) is 1. The number of amides is 1. The molecule has 1 amide bonds. The molecule has 1 heterocycles. The lowest BCUT2D eigenvalue weighted by Gasteiger charge is -2.36. The third kappa shape index (κ3) is 4.91. The molecule has 1 atom stereocenters. The molecule has 7 heteroatoms. The van der Waals surface area contributed by atoms with E-state index in [1.54, 1.807) is 20.8 Å². The maximum atomic E-state index is 13.7. The van der Waals surface area contributed by atoms with Gasteiger partial charge in [0.05, 0.1) is 0 Å². The molecule has 0 radical (unpaired) electrons. The topological polar surface area (TPSA) is 64.8 Å². The Morgan fingerprint density at radius 1 is 1.42 bits per heavy atom. The lowest BCUT2D eigenvalue weighted by Crippen LogP contribution is -2.49. The van der Waals surface area contributed by atoms with E-state index >= 15 is 0 Å². The second-order valence-electron chi connectivity index (χ2n) is 5.84. The molecule has 0 aromatic rings. The second-order valence-corrected chi connectivity index (χ2v) is 5.84. The van der Waals surface area contributed by atoms with Crippen molar-refractivity contribution in [3.05, 3.63) is 0 Å². The standard InChI is InChI=1S/C12H22F2N2O3/c1-11(2,3)19-10(17)16-6-4-5-9(7-16)12(13,14)8-18-15/h9H,4-8,15H2,1-3H3. The summed E-state index contributed by atoms with van der Waals surface area (Å²) in [4.78, 5) is 17.2. The minimum absolute atomic E-state index is 0.0364. The van der Waals surface area contributed by atoms with E-state index in [1.807, 2.05) is 0 Å². The molecule has 0 saturated carbocycles. The number of hydrogen-bond donors (Lipinski definition) is 1. The smallest absolute Gasteiger partial charge is 0.410 e. The zero-order valence-electron chi connectivity index (χ0n) is 11.6. The van der Waals surface area contributed by atoms with Crippen molar-refractivity contribution in [3.63, 3.8) is 0 Å². The molecule has 112 valence electrons. The van der Waals surface area contributed by atoms with Gasteiger partial charge in [-0.2, -0.15) is 0 Å². The molecular weight excluding hydrogens is 258 g/mol. The summed E-state index contributed by atoms with van der Waals surface area (Å²) in [5, 5.41) is 0. The SMILES string of the molecule is CC(C)(C)OC(=O)N1CCCC(C(F)(F)CON)C1. The van der Waals surface area contributed by atoms with Crippen LogP contribution in [0.1, 0.15) is 33.6 Å². The number of piperidine rings is 1. The summed E-state index contributed by atoms with van der Waals surface area (Å²) in [6.07, 6.45) is 0.307. The molecule has 1 aliphatic heterocycles. The van der Waals surface area contributed by atoms with Crippen LogP contribution in [0.15, 0.2) is 0 Å². The van der Waals surface area contributed by atoms with Crippen molar-refractivity contribution in [3.8, 4) is 0 Å². The van der Waals surface area contributed by atoms with E-state index in [4.69, 9.17) is 10.6 Å². The maximum Gasteiger partial charge on any atom is 0.410 e. The first-order valence-electron chi connectivity index (χ1n) is 6.33. The van der Waals surface area contributed by atoms with Gasteiger partial charge in [-0.15, -0.1) is 0 Å². The van der Waals surface area contributed by atoms with Gasteiger partial charge in [-0.25, -0.2) is 19.5 Å². The lowest BCUT2D eigenvalue weighted by atomic mass is 9.92. The molecule has 0 bridgehead atoms. The van der Waals surface area contributed by atoms with Gasteiger partial charge in [0.15, 0.2) is 0 Å². The Bertz CT molecular complexity index is 319. The first-order chi connectivity index (χ1) is 8.65. The van der Waals surface area contributed by atoms with Crippen LogP contribution in [0.3, 0.4) is 0 Å². The van der Waals surface area contributed by atoms with Crippen molar-refractivity contribution in [1.82, 2.24) is 4.90 Å². The van der Waals surface area contributed by atoms with Gasteiger partial charge >= 0.3 is 6.09 Å². The fraction of sp³-hybridized carbons (Fsp3) is 0.917. The summed E-state index contributed by atoms with van der Waals surface area (Å²) in [5.41, 5.74) is -0.632. The molecule has 1 saturated heterocycles. The summed E-state index contributed by atoms with van der Waals surface area (Å²) < 4.78 is 32.6. The van der Waals surface area contributed by atoms with Gasteiger partial charge < -0.3 is 9.64 Å². The fourth-order valence-corrected chi connectivity index (χ4v) is 2.04. The van der Waals surface area contributed by atoms with E-state index in [1.165, 1.54) is 4.90 Å². The van der Waals surface area contributed by atoms with E-state index in [0.29, 0.717) is 19.4 Å². The van der Waals surface area contributed by atoms with Gasteiger partial charge in [-0.05, 0) is 33.6 Å². The Labute approximate surface area is 112 Å². The monoisotopic (exact) mass is 280 g/mol. The second kappa shape index (κ2) is 6.00. The van der Waals surface area contributed by atoms with E-state index in [-0.39, 0.29) is 6.54 Å². The lowest BCUT2D eigenvalue weighted by molar-refractivity contribution is -0.132. The quantitative estimate of drug-likeness (QED) is 0.805. The van der Waals surface area contributed by atoms with Crippen LogP contribution in [0.2, 0.25) is 0 Å². The number of ether oxygens (including phenoxy) is 1. The van der Waals surface area contributed by atoms with E-state index in [0.717, 1.165) is 0 Å². The first kappa shape index (κ1) is 16.1. The zero-order valence-corrected chi connectivity index (χ0v) is 11.6. The first-order valence-corrected chi connectivity index (χ1v) is 6.33. The number of carbonyl (C=O) groups is 1. The Balaban J connectivity index is 2.62. The highest BCUT2D eigenvalue weighted by Gasteiger charge is 2.43. The number of carbonyl (C=O) groups excluding carboxylic acids is 1. The van der Waals surface area contributed by atoms with Crippen molar-refractivity contribution < 1.29 is 23.1 Å². The maximum absolute atomic E-state index is 13.7. The van der Waals surface area contributed by atoms with E-state index in [9.17, 15) is 13.6 Å². The molecule has 5 nitrogen and oxygen atoms in total. The summed E-state index contributed by atoms with van der Waals surface area (Å²) in [7, 11) is 0. The molecule has 1 unspecified atom stereocenters. The predicted molar refractivity (Wildman–Crippen MR) is 65.6 cm³/mol. The zero-order chi connectivity index (χ0) is 14.7. The Morgan fingerprint density at radius 3 is 2.58 bits per heavy atom. The van der Waals surface area contributed by atoms with Gasteiger partial charge in [0.25, 0.3) is 5.92 Å². The van der Waals surface area contributed by atoms with Crippen molar-refractivity contribution in [2.24, 2.45) is 11.8 Å². The molecule has 19 heavy (non-hydrogen) atoms. The molecule has 0 aromatic heterocycles. The Morgan fingerprint density at radius 2 is 2.05 bits per heavy atom. The molecule has 0 spiro atoms. The largest absolute Gasteiger partial charge is 0.444 e. The molecule has 2 N–H and O–H groups in total. The molecular formula is C12H22F2N2O3. The fourth-order valence-electron chi connectivity index (χ4n) is 2.04. The van der Waals surface area contributed by atoms with Gasteiger partial charge in [-0.3, -0.25) is 4.84 Å². The summed E-state index contributed by atoms with van der Waals surface area (Å²) >= 11 is 0. The van der Waals surface area contributed by atoms with Crippen LogP contribution in [0, 0.1) is 5.92 Å². The molecule has 0 aliphatic carbocycles. The molecule has 1 fully saturated rings. The van der Waals surface area contributed by atoms with E-state index < -0.39 is 30.1 Å². The third-order valence-electron chi connectivity index (χ3n) is 2.95. The summed E-state index contributed by atoms with van der Waals surface area (Å²) in [6.45, 7) is 4.78. The number of rotatable bonds is 3. The Kier molecular flexibility index (Phi) is 5.09. The normalized spacial score (nSPS) is 21.4. The van der Waals surface area contributed by atoms with Crippen LogP contribution in [-0.2, 0) is 9.57 Å². The van der Waals surface area contributed by atoms with Crippen LogP contribution in [0.4, 0.5) is 13.6 Å². The minimum atomic E-state index is -3.03. The van der Waals surface area contributed by atoms with Crippen LogP contribution in [0.25, 0.3) is 0 Å². The minimum Gasteiger partial charge on any atom is -0.444 e. The van der Waals surface area contributed by atoms with Crippen molar-refractivity contribution in [2.45, 2.75) is 45.1 Å². The number of halogens is 2. The third-order valence-corrected chi connectivity index (χ3v) is 2.95. The van der Waals surface area contributed by atoms with E-state index in [2.05, 4.69) is 4.84 Å². The van der Waals surface area contributed by atoms with Crippen LogP contribution >= 0.6 is 0 Å². The van der Waals surface area contributed by atoms with Crippen LogP contribution < -0.4 is 5.90 Å². The number of likely N-dealkylation sites (tertiary alicyclic amines) is 1. The molecule has 1 rings (SSSR count). The highest BCUT2D eigenvalue weighted by atomic mass is 19.3. The highest BCUT2D eigenvalue weighted by molar-refractivity contribution is 5.68. The summed E-state index contributed by atoms with van der Waals surface area (Å²) in [5.74, 6) is 0.735. The summed E-state index contributed by atoms with van der Waals surface area (Å²) in [6, 6.07) is 0. The number of nitrogens with two attached hydrogens (primary N) is 1. The van der Waals surface area contributed by atoms with Crippen molar-refractivity contribution in [2.75, 3.05) is 19.7 Å². The number of hydrogen-bond acceptors (Lipinski definition) is 4. The highest BCUT2D eigenvalue weighted by Crippen LogP contribution is 2.32. The van der Waals surface area contributed by atoms with Crippen molar-refractivity contribution in [1.29, 1.82) is 0 Å². The average Bonchev–Trinajstić information content (AvgIpc) is 2.27. The van der Waals surface area contributed by atoms with Crippen LogP contribution in [0.5, 0.6) is 0 Å². The predicted octanol–water partition coefficient (Wildman–Crippen LogP) is 2.16. The molecule has 0 aromatic carbocycles. The van der Waals surface area contributed by atoms with Crippen molar-refractivity contribution >= 4 is 6.09 Å². The van der Waals surface area contributed by atoms with Gasteiger partial charge in [0.2, 0.25) is 0 Å². The molecule has 1 aliphatic rings. The number of alkyl halides is 2. The van der Waals surface area contributed by atoms with Crippen LogP contribution in [-0.4, -0.2) is 42.2 Å². The van der Waals surface area contributed by atoms with Gasteiger partial charge in [0.1, 0.15) is 12.2 Å².